The Morgan fingerprint density at radius 1 is 1.55 bits per heavy atom. The number of nitro benzene ring substituents is 1. The molecule has 11 heavy (non-hydrogen) atoms. The van der Waals surface area contributed by atoms with Crippen LogP contribution in [0, 0.1) is 10.1 Å². The number of carbonyl (C=O) groups excluding carboxylic acids is 1. The lowest BCUT2D eigenvalue weighted by molar-refractivity contribution is -0.384. The quantitative estimate of drug-likeness (QED) is 0.366. The van der Waals surface area contributed by atoms with Crippen molar-refractivity contribution < 1.29 is 12.5 Å². The summed E-state index contributed by atoms with van der Waals surface area (Å²) in [6.07, 6.45) is 0.342. The van der Waals surface area contributed by atoms with Gasteiger partial charge in [0.25, 0.3) is 5.69 Å². The molecule has 0 heterocycles. The van der Waals surface area contributed by atoms with Gasteiger partial charge in [0, 0.05) is 17.7 Å². The van der Waals surface area contributed by atoms with Crippen molar-refractivity contribution >= 4 is 12.0 Å². The summed E-state index contributed by atoms with van der Waals surface area (Å²) in [6.45, 7) is 0. The minimum absolute atomic E-state index is 0.134. The smallest absolute Gasteiger partial charge is 0.269 e. The first-order valence-electron chi connectivity index (χ1n) is 3.77. The minimum Gasteiger partial charge on any atom is -0.298 e. The van der Waals surface area contributed by atoms with E-state index in [4.69, 9.17) is 2.74 Å². The molecule has 0 saturated carbocycles. The van der Waals surface area contributed by atoms with E-state index >= 15 is 0 Å². The summed E-state index contributed by atoms with van der Waals surface area (Å²) in [4.78, 5) is 19.9. The third kappa shape index (κ3) is 1.61. The van der Waals surface area contributed by atoms with E-state index in [2.05, 4.69) is 0 Å². The van der Waals surface area contributed by atoms with Crippen LogP contribution in [-0.4, -0.2) is 11.2 Å². The normalized spacial score (nSPS) is 11.6. The maximum Gasteiger partial charge on any atom is 0.269 e. The summed E-state index contributed by atoms with van der Waals surface area (Å²) >= 11 is 0. The predicted octanol–water partition coefficient (Wildman–Crippen LogP) is 1.41. The van der Waals surface area contributed by atoms with Gasteiger partial charge in [0.2, 0.25) is 0 Å². The number of non-ortho nitro benzene ring substituents is 1. The Morgan fingerprint density at radius 3 is 2.45 bits per heavy atom. The molecule has 0 amide bonds. The molecule has 0 spiro atoms. The maximum atomic E-state index is 10.3. The van der Waals surface area contributed by atoms with E-state index in [0.29, 0.717) is 6.29 Å². The van der Waals surface area contributed by atoms with Gasteiger partial charge in [-0.1, -0.05) is 0 Å². The molecule has 56 valence electrons. The number of rotatable bonds is 2. The number of carbonyl (C=O) groups is 1. The van der Waals surface area contributed by atoms with E-state index in [9.17, 15) is 14.9 Å². The molecule has 0 aromatic heterocycles. The number of nitro groups is 1. The highest BCUT2D eigenvalue weighted by molar-refractivity contribution is 5.75. The number of hydrogen-bond donors (Lipinski definition) is 0. The third-order valence-electron chi connectivity index (χ3n) is 1.08. The molecule has 0 aliphatic carbocycles. The Balaban J connectivity index is 3.36. The Kier molecular flexibility index (Phi) is 1.33. The van der Waals surface area contributed by atoms with Gasteiger partial charge in [-0.25, -0.2) is 0 Å². The van der Waals surface area contributed by atoms with Crippen LogP contribution in [0.2, 0.25) is 0 Å². The van der Waals surface area contributed by atoms with Crippen LogP contribution in [0.5, 0.6) is 0 Å². The Labute approximate surface area is 65.4 Å². The van der Waals surface area contributed by atoms with Crippen LogP contribution in [0.3, 0.4) is 0 Å². The molecule has 0 aliphatic rings. The highest BCUT2D eigenvalue weighted by Crippen LogP contribution is 2.09. The molecule has 0 N–H and O–H groups in total. The van der Waals surface area contributed by atoms with Crippen molar-refractivity contribution in [2.75, 3.05) is 0 Å². The molecule has 4 nitrogen and oxygen atoms in total. The van der Waals surface area contributed by atoms with Crippen molar-refractivity contribution in [2.45, 2.75) is 0 Å². The maximum absolute atomic E-state index is 10.3. The monoisotopic (exact) mass is 153 g/mol. The van der Waals surface area contributed by atoms with E-state index in [1.54, 1.807) is 0 Å². The summed E-state index contributed by atoms with van der Waals surface area (Å²) in [5, 5.41) is 10.3. The highest BCUT2D eigenvalue weighted by atomic mass is 16.6. The summed E-state index contributed by atoms with van der Waals surface area (Å²) < 4.78 is 14.4. The first-order valence-corrected chi connectivity index (χ1v) is 2.77. The molecule has 1 rings (SSSR count). The van der Waals surface area contributed by atoms with E-state index in [0.717, 1.165) is 12.1 Å². The molecular weight excluding hydrogens is 146 g/mol. The molecule has 0 aliphatic heterocycles. The zero-order chi connectivity index (χ0) is 10.0. The first kappa shape index (κ1) is 5.01. The number of hydrogen-bond acceptors (Lipinski definition) is 3. The fourth-order valence-electron chi connectivity index (χ4n) is 0.560. The van der Waals surface area contributed by atoms with Crippen molar-refractivity contribution in [1.29, 1.82) is 0 Å². The van der Waals surface area contributed by atoms with Crippen LogP contribution in [0.25, 0.3) is 0 Å². The van der Waals surface area contributed by atoms with Gasteiger partial charge in [0.1, 0.15) is 6.29 Å². The predicted molar refractivity (Wildman–Crippen MR) is 38.5 cm³/mol. The molecule has 0 unspecified atom stereocenters. The standard InChI is InChI=1S/C7H5NO3/c9-5-6-1-3-7(4-2-6)8(10)11/h1-5H/i1D,2D. The fourth-order valence-corrected chi connectivity index (χ4v) is 0.560. The van der Waals surface area contributed by atoms with Gasteiger partial charge in [-0.05, 0) is 12.1 Å². The Hall–Kier alpha value is -1.71. The molecular formula is C7H5NO3. The summed E-state index contributed by atoms with van der Waals surface area (Å²) in [5.74, 6) is 0. The molecule has 0 radical (unpaired) electrons. The molecule has 0 bridgehead atoms. The number of nitrogens with zero attached hydrogens (tertiary/aromatic N) is 1. The van der Waals surface area contributed by atoms with Crippen molar-refractivity contribution in [3.05, 3.63) is 39.9 Å². The average Bonchev–Trinajstić information content (AvgIpc) is 2.03. The first-order chi connectivity index (χ1) is 6.06. The lowest BCUT2D eigenvalue weighted by Crippen LogP contribution is -1.87. The zero-order valence-corrected chi connectivity index (χ0v) is 5.40. The summed E-state index contributed by atoms with van der Waals surface area (Å²) in [7, 11) is 0. The van der Waals surface area contributed by atoms with Gasteiger partial charge in [-0.3, -0.25) is 14.9 Å². The number of aldehydes is 1. The van der Waals surface area contributed by atoms with Crippen LogP contribution >= 0.6 is 0 Å². The number of benzene rings is 1. The van der Waals surface area contributed by atoms with Crippen LogP contribution < -0.4 is 0 Å². The van der Waals surface area contributed by atoms with Gasteiger partial charge in [0.15, 0.2) is 0 Å². The third-order valence-corrected chi connectivity index (χ3v) is 1.08. The van der Waals surface area contributed by atoms with Crippen molar-refractivity contribution in [2.24, 2.45) is 0 Å². The molecule has 1 aromatic carbocycles. The SMILES string of the molecule is [2H]c1cc([N+](=O)[O-])cc([2H])c1C=O. The van der Waals surface area contributed by atoms with E-state index in [-0.39, 0.29) is 23.3 Å². The average molecular weight is 153 g/mol. The zero-order valence-electron chi connectivity index (χ0n) is 7.40. The molecule has 1 aromatic rings. The van der Waals surface area contributed by atoms with Gasteiger partial charge in [-0.15, -0.1) is 0 Å². The van der Waals surface area contributed by atoms with Gasteiger partial charge < -0.3 is 0 Å². The van der Waals surface area contributed by atoms with Crippen LogP contribution in [0.1, 0.15) is 13.1 Å². The molecule has 4 heteroatoms. The van der Waals surface area contributed by atoms with E-state index < -0.39 is 4.92 Å². The van der Waals surface area contributed by atoms with Crippen molar-refractivity contribution in [3.8, 4) is 0 Å². The molecule has 0 fully saturated rings. The Morgan fingerprint density at radius 2 is 2.09 bits per heavy atom. The van der Waals surface area contributed by atoms with Gasteiger partial charge >= 0.3 is 0 Å². The summed E-state index contributed by atoms with van der Waals surface area (Å²) in [5.41, 5.74) is -0.480. The van der Waals surface area contributed by atoms with E-state index in [1.807, 2.05) is 0 Å². The lowest BCUT2D eigenvalue weighted by atomic mass is 10.2. The molecule has 0 saturated heterocycles. The van der Waals surface area contributed by atoms with Crippen molar-refractivity contribution in [3.63, 3.8) is 0 Å². The topological polar surface area (TPSA) is 60.2 Å². The lowest BCUT2D eigenvalue weighted by Gasteiger charge is -1.89. The second kappa shape index (κ2) is 2.92. The highest BCUT2D eigenvalue weighted by Gasteiger charge is 2.02. The van der Waals surface area contributed by atoms with Crippen LogP contribution in [0.15, 0.2) is 24.2 Å². The largest absolute Gasteiger partial charge is 0.298 e. The minimum atomic E-state index is -0.704. The second-order valence-electron chi connectivity index (χ2n) is 1.79. The van der Waals surface area contributed by atoms with Gasteiger partial charge in [0.05, 0.1) is 7.66 Å². The van der Waals surface area contributed by atoms with Crippen molar-refractivity contribution in [1.82, 2.24) is 0 Å². The molecule has 0 atom stereocenters. The van der Waals surface area contributed by atoms with Crippen LogP contribution in [0.4, 0.5) is 5.69 Å². The van der Waals surface area contributed by atoms with E-state index in [1.165, 1.54) is 0 Å². The van der Waals surface area contributed by atoms with Crippen LogP contribution in [-0.2, 0) is 0 Å². The van der Waals surface area contributed by atoms with Gasteiger partial charge in [-0.2, -0.15) is 0 Å². The second-order valence-corrected chi connectivity index (χ2v) is 1.79. The summed E-state index contributed by atoms with van der Waals surface area (Å²) in [6, 6.07) is 1.30. The fraction of sp³-hybridized carbons (Fsp3) is 0. The Bertz CT molecular complexity index is 355.